The number of piperidine rings is 1. The molecule has 1 fully saturated rings. The van der Waals surface area contributed by atoms with Crippen molar-refractivity contribution >= 4 is 15.9 Å². The zero-order chi connectivity index (χ0) is 15.4. The van der Waals surface area contributed by atoms with E-state index in [4.69, 9.17) is 0 Å². The molecule has 0 saturated carbocycles. The van der Waals surface area contributed by atoms with Crippen LogP contribution in [0.5, 0.6) is 0 Å². The molecule has 0 aliphatic carbocycles. The third-order valence-electron chi connectivity index (χ3n) is 4.71. The van der Waals surface area contributed by atoms with Crippen LogP contribution in [0.4, 0.5) is 0 Å². The highest BCUT2D eigenvalue weighted by molar-refractivity contribution is 7.88. The minimum Gasteiger partial charge on any atom is -0.350 e. The van der Waals surface area contributed by atoms with Gasteiger partial charge in [0.2, 0.25) is 15.9 Å². The molecule has 118 valence electrons. The first kappa shape index (κ1) is 17.4. The molecule has 6 heteroatoms. The van der Waals surface area contributed by atoms with Gasteiger partial charge in [-0.3, -0.25) is 4.79 Å². The first-order chi connectivity index (χ1) is 9.28. The van der Waals surface area contributed by atoms with Crippen LogP contribution in [0, 0.1) is 5.92 Å². The molecule has 0 spiro atoms. The number of hydrogen-bond donors (Lipinski definition) is 1. The molecule has 1 aliphatic rings. The Bertz CT molecular complexity index is 413. The number of sulfonamides is 1. The summed E-state index contributed by atoms with van der Waals surface area (Å²) in [6.45, 7) is 7.20. The summed E-state index contributed by atoms with van der Waals surface area (Å²) >= 11 is 0. The van der Waals surface area contributed by atoms with Gasteiger partial charge in [0.25, 0.3) is 0 Å². The molecule has 1 aliphatic heterocycles. The van der Waals surface area contributed by atoms with Crippen molar-refractivity contribution < 1.29 is 13.2 Å². The van der Waals surface area contributed by atoms with Crippen LogP contribution in [0.1, 0.15) is 52.9 Å². The Hall–Kier alpha value is -0.620. The van der Waals surface area contributed by atoms with E-state index >= 15 is 0 Å². The van der Waals surface area contributed by atoms with E-state index in [9.17, 15) is 13.2 Å². The Labute approximate surface area is 123 Å². The van der Waals surface area contributed by atoms with Gasteiger partial charge in [-0.15, -0.1) is 0 Å². The standard InChI is InChI=1S/C14H28N2O3S/c1-5-14(6-2,7-3)15-13(17)12-8-10-16(11-9-12)20(4,18)19/h12H,5-11H2,1-4H3,(H,15,17). The van der Waals surface area contributed by atoms with Crippen LogP contribution in [0.2, 0.25) is 0 Å². The number of nitrogens with zero attached hydrogens (tertiary/aromatic N) is 1. The fourth-order valence-corrected chi connectivity index (χ4v) is 3.70. The lowest BCUT2D eigenvalue weighted by atomic mass is 9.88. The van der Waals surface area contributed by atoms with Gasteiger partial charge in [0, 0.05) is 24.5 Å². The largest absolute Gasteiger partial charge is 0.350 e. The Morgan fingerprint density at radius 2 is 1.60 bits per heavy atom. The van der Waals surface area contributed by atoms with Crippen LogP contribution >= 0.6 is 0 Å². The van der Waals surface area contributed by atoms with Gasteiger partial charge < -0.3 is 5.32 Å². The zero-order valence-corrected chi connectivity index (χ0v) is 13.9. The molecular weight excluding hydrogens is 276 g/mol. The second kappa shape index (κ2) is 6.89. The molecule has 0 aromatic rings. The first-order valence-corrected chi connectivity index (χ1v) is 9.40. The molecule has 0 aromatic carbocycles. The fourth-order valence-electron chi connectivity index (χ4n) is 2.83. The zero-order valence-electron chi connectivity index (χ0n) is 13.1. The summed E-state index contributed by atoms with van der Waals surface area (Å²) in [5.41, 5.74) is -0.106. The summed E-state index contributed by atoms with van der Waals surface area (Å²) in [6.07, 6.45) is 5.23. The van der Waals surface area contributed by atoms with E-state index in [1.807, 2.05) is 0 Å². The van der Waals surface area contributed by atoms with Gasteiger partial charge in [-0.25, -0.2) is 12.7 Å². The molecule has 0 unspecified atom stereocenters. The Morgan fingerprint density at radius 3 is 1.95 bits per heavy atom. The monoisotopic (exact) mass is 304 g/mol. The van der Waals surface area contributed by atoms with Gasteiger partial charge in [0.1, 0.15) is 0 Å². The maximum absolute atomic E-state index is 12.4. The van der Waals surface area contributed by atoms with E-state index in [0.29, 0.717) is 25.9 Å². The average Bonchev–Trinajstić information content (AvgIpc) is 2.44. The second-order valence-electron chi connectivity index (χ2n) is 5.77. The van der Waals surface area contributed by atoms with E-state index in [0.717, 1.165) is 19.3 Å². The molecule has 1 heterocycles. The van der Waals surface area contributed by atoms with Gasteiger partial charge >= 0.3 is 0 Å². The number of rotatable bonds is 6. The maximum Gasteiger partial charge on any atom is 0.223 e. The highest BCUT2D eigenvalue weighted by Gasteiger charge is 2.33. The Balaban J connectivity index is 2.59. The molecular formula is C14H28N2O3S. The smallest absolute Gasteiger partial charge is 0.223 e. The summed E-state index contributed by atoms with van der Waals surface area (Å²) in [7, 11) is -3.12. The molecule has 1 N–H and O–H groups in total. The summed E-state index contributed by atoms with van der Waals surface area (Å²) in [5, 5.41) is 3.20. The van der Waals surface area contributed by atoms with Gasteiger partial charge in [-0.1, -0.05) is 20.8 Å². The lowest BCUT2D eigenvalue weighted by molar-refractivity contribution is -0.128. The lowest BCUT2D eigenvalue weighted by Gasteiger charge is -2.35. The molecule has 1 rings (SSSR count). The van der Waals surface area contributed by atoms with Gasteiger partial charge in [-0.05, 0) is 32.1 Å². The fraction of sp³-hybridized carbons (Fsp3) is 0.929. The third-order valence-corrected chi connectivity index (χ3v) is 6.02. The molecule has 0 bridgehead atoms. The highest BCUT2D eigenvalue weighted by Crippen LogP contribution is 2.24. The van der Waals surface area contributed by atoms with Gasteiger partial charge in [0.15, 0.2) is 0 Å². The SMILES string of the molecule is CCC(CC)(CC)NC(=O)C1CCN(S(C)(=O)=O)CC1. The molecule has 1 amide bonds. The predicted octanol–water partition coefficient (Wildman–Crippen LogP) is 1.74. The third kappa shape index (κ3) is 4.19. The van der Waals surface area contributed by atoms with Gasteiger partial charge in [0.05, 0.1) is 6.26 Å². The van der Waals surface area contributed by atoms with Crippen molar-refractivity contribution in [2.75, 3.05) is 19.3 Å². The number of amides is 1. The van der Waals surface area contributed by atoms with Crippen molar-refractivity contribution in [2.24, 2.45) is 5.92 Å². The van der Waals surface area contributed by atoms with E-state index in [1.54, 1.807) is 0 Å². The van der Waals surface area contributed by atoms with Crippen LogP contribution < -0.4 is 5.32 Å². The normalized spacial score (nSPS) is 19.0. The van der Waals surface area contributed by atoms with Crippen LogP contribution in [0.25, 0.3) is 0 Å². The number of hydrogen-bond acceptors (Lipinski definition) is 3. The predicted molar refractivity (Wildman–Crippen MR) is 80.9 cm³/mol. The lowest BCUT2D eigenvalue weighted by Crippen LogP contribution is -2.51. The summed E-state index contributed by atoms with van der Waals surface area (Å²) in [5.74, 6) is 0.0285. The van der Waals surface area contributed by atoms with E-state index in [-0.39, 0.29) is 17.4 Å². The van der Waals surface area contributed by atoms with Gasteiger partial charge in [-0.2, -0.15) is 0 Å². The Kier molecular flexibility index (Phi) is 6.01. The quantitative estimate of drug-likeness (QED) is 0.813. The van der Waals surface area contributed by atoms with Crippen molar-refractivity contribution in [3.63, 3.8) is 0 Å². The molecule has 0 aromatic heterocycles. The Morgan fingerprint density at radius 1 is 1.15 bits per heavy atom. The topological polar surface area (TPSA) is 66.5 Å². The minimum absolute atomic E-state index is 0.0583. The average molecular weight is 304 g/mol. The summed E-state index contributed by atoms with van der Waals surface area (Å²) < 4.78 is 24.4. The molecule has 1 saturated heterocycles. The summed E-state index contributed by atoms with van der Waals surface area (Å²) in [6, 6.07) is 0. The number of nitrogens with one attached hydrogen (secondary N) is 1. The molecule has 0 atom stereocenters. The number of carbonyl (C=O) groups is 1. The highest BCUT2D eigenvalue weighted by atomic mass is 32.2. The van der Waals surface area contributed by atoms with E-state index < -0.39 is 10.0 Å². The van der Waals surface area contributed by atoms with Crippen LogP contribution in [0.15, 0.2) is 0 Å². The van der Waals surface area contributed by atoms with Crippen molar-refractivity contribution in [1.29, 1.82) is 0 Å². The molecule has 20 heavy (non-hydrogen) atoms. The van der Waals surface area contributed by atoms with Crippen LogP contribution in [-0.4, -0.2) is 43.5 Å². The molecule has 0 radical (unpaired) electrons. The number of carbonyl (C=O) groups excluding carboxylic acids is 1. The molecule has 5 nitrogen and oxygen atoms in total. The second-order valence-corrected chi connectivity index (χ2v) is 7.75. The van der Waals surface area contributed by atoms with Crippen molar-refractivity contribution in [2.45, 2.75) is 58.4 Å². The van der Waals surface area contributed by atoms with Crippen LogP contribution in [-0.2, 0) is 14.8 Å². The van der Waals surface area contributed by atoms with Crippen molar-refractivity contribution in [1.82, 2.24) is 9.62 Å². The van der Waals surface area contributed by atoms with Crippen LogP contribution in [0.3, 0.4) is 0 Å². The van der Waals surface area contributed by atoms with Crippen molar-refractivity contribution in [3.05, 3.63) is 0 Å². The van der Waals surface area contributed by atoms with E-state index in [1.165, 1.54) is 10.6 Å². The maximum atomic E-state index is 12.4. The van der Waals surface area contributed by atoms with E-state index in [2.05, 4.69) is 26.1 Å². The minimum atomic E-state index is -3.12. The first-order valence-electron chi connectivity index (χ1n) is 7.55. The van der Waals surface area contributed by atoms with Crippen molar-refractivity contribution in [3.8, 4) is 0 Å². The summed E-state index contributed by atoms with van der Waals surface area (Å²) in [4.78, 5) is 12.4.